The van der Waals surface area contributed by atoms with E-state index in [-0.39, 0.29) is 5.92 Å². The molecule has 0 spiro atoms. The fourth-order valence-corrected chi connectivity index (χ4v) is 4.52. The standard InChI is InChI=1S/C18H22N2O2/c1-2-6-20-10-12(18(21)22)7-14-13-4-3-5-15-17(13)11(9-19-15)8-16(14)20/h3-5,9,12,14,16,19H,2,6-8,10H2,1H3,(H,21,22)/t12-,14+,16+/m0/s1. The van der Waals surface area contributed by atoms with Gasteiger partial charge in [0.15, 0.2) is 0 Å². The number of H-pyrrole nitrogens is 1. The van der Waals surface area contributed by atoms with Crippen LogP contribution in [-0.2, 0) is 11.2 Å². The molecule has 0 bridgehead atoms. The van der Waals surface area contributed by atoms with Gasteiger partial charge in [0.2, 0.25) is 0 Å². The normalized spacial score (nSPS) is 27.8. The highest BCUT2D eigenvalue weighted by Gasteiger charge is 2.42. The Morgan fingerprint density at radius 2 is 2.32 bits per heavy atom. The summed E-state index contributed by atoms with van der Waals surface area (Å²) in [5, 5.41) is 10.9. The molecule has 116 valence electrons. The van der Waals surface area contributed by atoms with E-state index in [0.29, 0.717) is 18.5 Å². The first-order valence-corrected chi connectivity index (χ1v) is 8.24. The fraction of sp³-hybridized carbons (Fsp3) is 0.500. The molecule has 1 aromatic carbocycles. The van der Waals surface area contributed by atoms with Crippen LogP contribution in [0.25, 0.3) is 10.9 Å². The molecule has 22 heavy (non-hydrogen) atoms. The van der Waals surface area contributed by atoms with Crippen molar-refractivity contribution in [2.24, 2.45) is 5.92 Å². The summed E-state index contributed by atoms with van der Waals surface area (Å²) < 4.78 is 0. The highest BCUT2D eigenvalue weighted by Crippen LogP contribution is 2.44. The van der Waals surface area contributed by atoms with Crippen molar-refractivity contribution in [3.8, 4) is 0 Å². The number of benzene rings is 1. The molecule has 1 aliphatic carbocycles. The van der Waals surface area contributed by atoms with E-state index in [1.807, 2.05) is 0 Å². The van der Waals surface area contributed by atoms with Gasteiger partial charge >= 0.3 is 5.97 Å². The average Bonchev–Trinajstić information content (AvgIpc) is 2.93. The van der Waals surface area contributed by atoms with Crippen molar-refractivity contribution in [1.82, 2.24) is 9.88 Å². The molecule has 2 N–H and O–H groups in total. The second kappa shape index (κ2) is 5.13. The molecule has 2 heterocycles. The highest BCUT2D eigenvalue weighted by atomic mass is 16.4. The molecule has 4 heteroatoms. The molecular formula is C18H22N2O2. The lowest BCUT2D eigenvalue weighted by atomic mass is 9.72. The van der Waals surface area contributed by atoms with Crippen LogP contribution in [0.3, 0.4) is 0 Å². The number of aliphatic carboxylic acids is 1. The zero-order valence-electron chi connectivity index (χ0n) is 12.9. The summed E-state index contributed by atoms with van der Waals surface area (Å²) in [6.07, 6.45) is 5.01. The molecule has 4 nitrogen and oxygen atoms in total. The van der Waals surface area contributed by atoms with Crippen LogP contribution in [-0.4, -0.2) is 40.1 Å². The van der Waals surface area contributed by atoms with Crippen molar-refractivity contribution in [3.63, 3.8) is 0 Å². The van der Waals surface area contributed by atoms with Gasteiger partial charge in [-0.1, -0.05) is 19.1 Å². The van der Waals surface area contributed by atoms with Crippen LogP contribution < -0.4 is 0 Å². The molecule has 0 saturated carbocycles. The van der Waals surface area contributed by atoms with Crippen LogP contribution in [0.5, 0.6) is 0 Å². The minimum absolute atomic E-state index is 0.247. The van der Waals surface area contributed by atoms with Gasteiger partial charge < -0.3 is 10.1 Å². The van der Waals surface area contributed by atoms with Gasteiger partial charge in [-0.2, -0.15) is 0 Å². The van der Waals surface area contributed by atoms with Gasteiger partial charge in [-0.15, -0.1) is 0 Å². The molecule has 1 saturated heterocycles. The lowest BCUT2D eigenvalue weighted by molar-refractivity contribution is -0.144. The Morgan fingerprint density at radius 1 is 1.45 bits per heavy atom. The van der Waals surface area contributed by atoms with Crippen LogP contribution in [0, 0.1) is 5.92 Å². The van der Waals surface area contributed by atoms with E-state index in [4.69, 9.17) is 0 Å². The largest absolute Gasteiger partial charge is 0.481 e. The monoisotopic (exact) mass is 298 g/mol. The number of carboxylic acids is 1. The fourth-order valence-electron chi connectivity index (χ4n) is 4.52. The highest BCUT2D eigenvalue weighted by molar-refractivity contribution is 5.88. The molecule has 1 aromatic heterocycles. The zero-order chi connectivity index (χ0) is 15.3. The summed E-state index contributed by atoms with van der Waals surface area (Å²) in [7, 11) is 0. The van der Waals surface area contributed by atoms with Gasteiger partial charge in [0.25, 0.3) is 0 Å². The number of nitrogens with zero attached hydrogens (tertiary/aromatic N) is 1. The van der Waals surface area contributed by atoms with E-state index in [9.17, 15) is 9.90 Å². The van der Waals surface area contributed by atoms with Gasteiger partial charge in [0.05, 0.1) is 5.92 Å². The number of aromatic nitrogens is 1. The van der Waals surface area contributed by atoms with E-state index >= 15 is 0 Å². The quantitative estimate of drug-likeness (QED) is 0.916. The number of aromatic amines is 1. The van der Waals surface area contributed by atoms with Crippen LogP contribution >= 0.6 is 0 Å². The van der Waals surface area contributed by atoms with Crippen LogP contribution in [0.15, 0.2) is 24.4 Å². The Kier molecular flexibility index (Phi) is 3.22. The predicted octanol–water partition coefficient (Wildman–Crippen LogP) is 2.99. The third-order valence-electron chi connectivity index (χ3n) is 5.44. The molecule has 1 fully saturated rings. The first-order chi connectivity index (χ1) is 10.7. The van der Waals surface area contributed by atoms with E-state index in [1.54, 1.807) is 0 Å². The zero-order valence-corrected chi connectivity index (χ0v) is 12.9. The number of piperidine rings is 1. The average molecular weight is 298 g/mol. The molecule has 0 amide bonds. The maximum Gasteiger partial charge on any atom is 0.307 e. The molecular weight excluding hydrogens is 276 g/mol. The number of fused-ring (bicyclic) bond motifs is 2. The Bertz CT molecular complexity index is 721. The molecule has 1 aliphatic heterocycles. The summed E-state index contributed by atoms with van der Waals surface area (Å²) in [5.41, 5.74) is 3.92. The van der Waals surface area contributed by atoms with E-state index in [1.165, 1.54) is 22.0 Å². The number of likely N-dealkylation sites (tertiary alicyclic amines) is 1. The van der Waals surface area contributed by atoms with Crippen molar-refractivity contribution in [2.45, 2.75) is 38.1 Å². The number of rotatable bonds is 3. The molecule has 3 atom stereocenters. The Balaban J connectivity index is 1.80. The van der Waals surface area contributed by atoms with Crippen LogP contribution in [0.4, 0.5) is 0 Å². The van der Waals surface area contributed by atoms with Crippen molar-refractivity contribution in [2.75, 3.05) is 13.1 Å². The smallest absolute Gasteiger partial charge is 0.307 e. The molecule has 4 rings (SSSR count). The second-order valence-electron chi connectivity index (χ2n) is 6.73. The van der Waals surface area contributed by atoms with Crippen LogP contribution in [0.2, 0.25) is 0 Å². The number of carbonyl (C=O) groups is 1. The summed E-state index contributed by atoms with van der Waals surface area (Å²) in [5.74, 6) is -0.552. The van der Waals surface area contributed by atoms with E-state index in [0.717, 1.165) is 25.8 Å². The summed E-state index contributed by atoms with van der Waals surface area (Å²) >= 11 is 0. The van der Waals surface area contributed by atoms with Crippen LogP contribution in [0.1, 0.15) is 36.8 Å². The lowest BCUT2D eigenvalue weighted by Crippen LogP contribution is -2.51. The number of carboxylic acid groups (broad SMARTS) is 1. The Labute approximate surface area is 130 Å². The third kappa shape index (κ3) is 1.97. The molecule has 2 aromatic rings. The maximum absolute atomic E-state index is 11.6. The van der Waals surface area contributed by atoms with E-state index < -0.39 is 5.97 Å². The van der Waals surface area contributed by atoms with Gasteiger partial charge in [-0.3, -0.25) is 9.69 Å². The minimum atomic E-state index is -0.647. The lowest BCUT2D eigenvalue weighted by Gasteiger charge is -2.46. The van der Waals surface area contributed by atoms with Crippen molar-refractivity contribution < 1.29 is 9.90 Å². The van der Waals surface area contributed by atoms with Crippen molar-refractivity contribution in [1.29, 1.82) is 0 Å². The second-order valence-corrected chi connectivity index (χ2v) is 6.73. The van der Waals surface area contributed by atoms with E-state index in [2.05, 4.69) is 41.2 Å². The summed E-state index contributed by atoms with van der Waals surface area (Å²) in [6.45, 7) is 3.85. The first kappa shape index (κ1) is 13.8. The molecule has 0 radical (unpaired) electrons. The molecule has 0 unspecified atom stereocenters. The first-order valence-electron chi connectivity index (χ1n) is 8.24. The SMILES string of the molecule is CCCN1C[C@@H](C(=O)O)C[C@@H]2c3cccc4[nH]cc(c34)C[C@H]21. The Morgan fingerprint density at radius 3 is 3.09 bits per heavy atom. The summed E-state index contributed by atoms with van der Waals surface area (Å²) in [6, 6.07) is 6.86. The third-order valence-corrected chi connectivity index (χ3v) is 5.44. The molecule has 2 aliphatic rings. The number of hydrogen-bond acceptors (Lipinski definition) is 2. The topological polar surface area (TPSA) is 56.3 Å². The number of hydrogen-bond donors (Lipinski definition) is 2. The van der Waals surface area contributed by atoms with Gasteiger partial charge in [0.1, 0.15) is 0 Å². The minimum Gasteiger partial charge on any atom is -0.481 e. The van der Waals surface area contributed by atoms with Gasteiger partial charge in [-0.05, 0) is 43.0 Å². The predicted molar refractivity (Wildman–Crippen MR) is 86.1 cm³/mol. The van der Waals surface area contributed by atoms with Gasteiger partial charge in [0, 0.05) is 35.6 Å². The summed E-state index contributed by atoms with van der Waals surface area (Å²) in [4.78, 5) is 17.4. The number of nitrogens with one attached hydrogen (secondary N) is 1. The maximum atomic E-state index is 11.6. The van der Waals surface area contributed by atoms with Crippen molar-refractivity contribution >= 4 is 16.9 Å². The van der Waals surface area contributed by atoms with Gasteiger partial charge in [-0.25, -0.2) is 0 Å². The van der Waals surface area contributed by atoms with Crippen molar-refractivity contribution in [3.05, 3.63) is 35.5 Å². The Hall–Kier alpha value is -1.81.